The normalized spacial score (nSPS) is 20.6. The smallest absolute Gasteiger partial charge is 0.242 e. The number of nitrogens with zero attached hydrogens (tertiary/aromatic N) is 5. The molecule has 1 aliphatic carbocycles. The molecule has 4 rings (SSSR count). The van der Waals surface area contributed by atoms with Crippen LogP contribution in [0.25, 0.3) is 11.3 Å². The molecule has 0 radical (unpaired) electrons. The van der Waals surface area contributed by atoms with Crippen LogP contribution in [0.15, 0.2) is 42.7 Å². The molecule has 1 fully saturated rings. The van der Waals surface area contributed by atoms with Crippen LogP contribution in [0.5, 0.6) is 0 Å². The Kier molecular flexibility index (Phi) is 4.84. The molecule has 146 valence electrons. The number of aromatic nitrogens is 4. The molecule has 0 aliphatic heterocycles. The molecule has 0 spiro atoms. The molecule has 9 heteroatoms. The Hall–Kier alpha value is -3.54. The maximum atomic E-state index is 14.2. The molecular formula is C20H15F3N6. The van der Waals surface area contributed by atoms with Crippen LogP contribution in [0, 0.1) is 23.0 Å². The quantitative estimate of drug-likeness (QED) is 0.710. The van der Waals surface area contributed by atoms with Crippen molar-refractivity contribution < 1.29 is 13.2 Å². The molecule has 1 N–H and O–H groups in total. The van der Waals surface area contributed by atoms with Gasteiger partial charge in [0, 0.05) is 23.7 Å². The van der Waals surface area contributed by atoms with E-state index < -0.39 is 23.2 Å². The Morgan fingerprint density at radius 3 is 2.62 bits per heavy atom. The van der Waals surface area contributed by atoms with E-state index >= 15 is 0 Å². The summed E-state index contributed by atoms with van der Waals surface area (Å²) in [5, 5.41) is 19.8. The van der Waals surface area contributed by atoms with E-state index in [-0.39, 0.29) is 47.8 Å². The first-order valence-electron chi connectivity index (χ1n) is 8.89. The average molecular weight is 396 g/mol. The first-order chi connectivity index (χ1) is 14.0. The van der Waals surface area contributed by atoms with E-state index in [1.165, 1.54) is 42.7 Å². The average Bonchev–Trinajstić information content (AvgIpc) is 2.72. The highest BCUT2D eigenvalue weighted by Gasteiger charge is 2.48. The van der Waals surface area contributed by atoms with E-state index in [0.717, 1.165) is 0 Å². The van der Waals surface area contributed by atoms with E-state index in [0.29, 0.717) is 0 Å². The molecule has 0 saturated heterocycles. The van der Waals surface area contributed by atoms with Crippen molar-refractivity contribution in [3.63, 3.8) is 0 Å². The van der Waals surface area contributed by atoms with Gasteiger partial charge < -0.3 is 5.32 Å². The first kappa shape index (κ1) is 18.8. The Morgan fingerprint density at radius 1 is 1.14 bits per heavy atom. The molecule has 3 aromatic rings. The standard InChI is InChI=1S/C20H15F3N6/c21-13-7-20(8-13,18-16(23)2-1-5-25-18)11-27-19-26-10-17(28-29-19)14-6-12(9-24)3-4-15(14)22/h1-6,10,13H,7-8,11H2,(H,26,27,29). The number of hydrogen-bond acceptors (Lipinski definition) is 6. The van der Waals surface area contributed by atoms with Gasteiger partial charge in [-0.05, 0) is 43.2 Å². The molecule has 0 unspecified atom stereocenters. The van der Waals surface area contributed by atoms with Gasteiger partial charge in [0.2, 0.25) is 5.95 Å². The summed E-state index contributed by atoms with van der Waals surface area (Å²) in [7, 11) is 0. The largest absolute Gasteiger partial charge is 0.352 e. The van der Waals surface area contributed by atoms with Crippen molar-refractivity contribution >= 4 is 5.95 Å². The molecule has 2 aromatic heterocycles. The van der Waals surface area contributed by atoms with Gasteiger partial charge in [-0.3, -0.25) is 4.98 Å². The number of anilines is 1. The summed E-state index contributed by atoms with van der Waals surface area (Å²) in [5.74, 6) is -0.888. The highest BCUT2D eigenvalue weighted by molar-refractivity contribution is 5.61. The first-order valence-corrected chi connectivity index (χ1v) is 8.89. The zero-order valence-electron chi connectivity index (χ0n) is 15.1. The Balaban J connectivity index is 1.52. The van der Waals surface area contributed by atoms with Gasteiger partial charge in [-0.15, -0.1) is 10.2 Å². The summed E-state index contributed by atoms with van der Waals surface area (Å²) in [4.78, 5) is 8.20. The van der Waals surface area contributed by atoms with Crippen LogP contribution in [0.4, 0.5) is 19.1 Å². The van der Waals surface area contributed by atoms with Gasteiger partial charge in [-0.1, -0.05) is 0 Å². The second-order valence-corrected chi connectivity index (χ2v) is 6.95. The Bertz CT molecular complexity index is 1070. The number of halogens is 3. The van der Waals surface area contributed by atoms with Crippen molar-refractivity contribution in [2.24, 2.45) is 0 Å². The van der Waals surface area contributed by atoms with Gasteiger partial charge in [0.05, 0.1) is 23.5 Å². The minimum atomic E-state index is -1.02. The molecule has 0 amide bonds. The second-order valence-electron chi connectivity index (χ2n) is 6.95. The maximum absolute atomic E-state index is 14.2. The monoisotopic (exact) mass is 396 g/mol. The third-order valence-electron chi connectivity index (χ3n) is 5.00. The number of rotatable bonds is 5. The molecule has 0 bridgehead atoms. The lowest BCUT2D eigenvalue weighted by Gasteiger charge is -2.43. The summed E-state index contributed by atoms with van der Waals surface area (Å²) >= 11 is 0. The van der Waals surface area contributed by atoms with Crippen LogP contribution in [0.1, 0.15) is 24.1 Å². The van der Waals surface area contributed by atoms with Crippen LogP contribution in [-0.4, -0.2) is 32.9 Å². The molecule has 1 aromatic carbocycles. The summed E-state index contributed by atoms with van der Waals surface area (Å²) in [6.07, 6.45) is 2.07. The molecule has 1 saturated carbocycles. The fraction of sp³-hybridized carbons (Fsp3) is 0.250. The van der Waals surface area contributed by atoms with Crippen LogP contribution in [0.2, 0.25) is 0 Å². The molecule has 2 heterocycles. The molecule has 6 nitrogen and oxygen atoms in total. The number of nitriles is 1. The van der Waals surface area contributed by atoms with Crippen molar-refractivity contribution in [3.05, 3.63) is 65.6 Å². The van der Waals surface area contributed by atoms with Gasteiger partial charge in [-0.2, -0.15) is 5.26 Å². The summed E-state index contributed by atoms with van der Waals surface area (Å²) in [6.45, 7) is 0.181. The zero-order chi connectivity index (χ0) is 20.4. The Labute approximate surface area is 164 Å². The van der Waals surface area contributed by atoms with Crippen molar-refractivity contribution in [2.75, 3.05) is 11.9 Å². The number of hydrogen-bond donors (Lipinski definition) is 1. The number of benzene rings is 1. The van der Waals surface area contributed by atoms with Gasteiger partial charge in [0.25, 0.3) is 0 Å². The van der Waals surface area contributed by atoms with Gasteiger partial charge in [-0.25, -0.2) is 18.2 Å². The maximum Gasteiger partial charge on any atom is 0.242 e. The molecular weight excluding hydrogens is 381 g/mol. The van der Waals surface area contributed by atoms with Gasteiger partial charge in [0.1, 0.15) is 23.5 Å². The van der Waals surface area contributed by atoms with Crippen molar-refractivity contribution in [3.8, 4) is 17.3 Å². The topological polar surface area (TPSA) is 87.4 Å². The number of nitrogens with one attached hydrogen (secondary N) is 1. The molecule has 0 atom stereocenters. The van der Waals surface area contributed by atoms with Crippen LogP contribution < -0.4 is 5.32 Å². The van der Waals surface area contributed by atoms with Gasteiger partial charge >= 0.3 is 0 Å². The third kappa shape index (κ3) is 3.61. The number of alkyl halides is 1. The van der Waals surface area contributed by atoms with Crippen molar-refractivity contribution in [1.82, 2.24) is 20.2 Å². The van der Waals surface area contributed by atoms with E-state index in [2.05, 4.69) is 25.5 Å². The summed E-state index contributed by atoms with van der Waals surface area (Å²) < 4.78 is 41.8. The van der Waals surface area contributed by atoms with Crippen LogP contribution in [0.3, 0.4) is 0 Å². The van der Waals surface area contributed by atoms with E-state index in [1.54, 1.807) is 0 Å². The zero-order valence-corrected chi connectivity index (χ0v) is 15.1. The molecule has 29 heavy (non-hydrogen) atoms. The lowest BCUT2D eigenvalue weighted by molar-refractivity contribution is 0.0963. The minimum Gasteiger partial charge on any atom is -0.352 e. The van der Waals surface area contributed by atoms with E-state index in [9.17, 15) is 13.2 Å². The predicted octanol–water partition coefficient (Wildman–Crippen LogP) is 3.57. The minimum absolute atomic E-state index is 0.113. The second kappa shape index (κ2) is 7.47. The lowest BCUT2D eigenvalue weighted by atomic mass is 9.65. The predicted molar refractivity (Wildman–Crippen MR) is 98.4 cm³/mol. The highest BCUT2D eigenvalue weighted by atomic mass is 19.1. The van der Waals surface area contributed by atoms with Crippen molar-refractivity contribution in [2.45, 2.75) is 24.4 Å². The lowest BCUT2D eigenvalue weighted by Crippen LogP contribution is -2.49. The molecule has 1 aliphatic rings. The third-order valence-corrected chi connectivity index (χ3v) is 5.00. The Morgan fingerprint density at radius 2 is 1.97 bits per heavy atom. The van der Waals surface area contributed by atoms with Gasteiger partial charge in [0.15, 0.2) is 0 Å². The SMILES string of the molecule is N#Cc1ccc(F)c(-c2cnc(NCC3(c4ncccc4F)CC(F)C3)nn2)c1. The van der Waals surface area contributed by atoms with E-state index in [4.69, 9.17) is 5.26 Å². The fourth-order valence-electron chi connectivity index (χ4n) is 3.50. The highest BCUT2D eigenvalue weighted by Crippen LogP contribution is 2.45. The number of pyridine rings is 1. The van der Waals surface area contributed by atoms with Crippen LogP contribution >= 0.6 is 0 Å². The van der Waals surface area contributed by atoms with E-state index in [1.807, 2.05) is 6.07 Å². The fourth-order valence-corrected chi connectivity index (χ4v) is 3.50. The van der Waals surface area contributed by atoms with Crippen LogP contribution in [-0.2, 0) is 5.41 Å². The summed E-state index contributed by atoms with van der Waals surface area (Å²) in [5.41, 5.74) is -0.0121. The van der Waals surface area contributed by atoms with Crippen molar-refractivity contribution in [1.29, 1.82) is 5.26 Å². The summed E-state index contributed by atoms with van der Waals surface area (Å²) in [6, 6.07) is 8.62.